The van der Waals surface area contributed by atoms with Crippen LogP contribution in [-0.4, -0.2) is 72.5 Å². The number of nitrogens with two attached hydrogens (primary N) is 1. The van der Waals surface area contributed by atoms with Gasteiger partial charge in [0.25, 0.3) is 0 Å². The first-order valence-corrected chi connectivity index (χ1v) is 14.2. The molecule has 0 bridgehead atoms. The molecule has 8 nitrogen and oxygen atoms in total. The van der Waals surface area contributed by atoms with Gasteiger partial charge >= 0.3 is 6.03 Å². The van der Waals surface area contributed by atoms with Crippen molar-refractivity contribution in [1.82, 2.24) is 20.1 Å². The molecule has 0 unspecified atom stereocenters. The molecule has 2 amide bonds. The zero-order chi connectivity index (χ0) is 26.6. The van der Waals surface area contributed by atoms with E-state index in [1.807, 2.05) is 39.9 Å². The Balaban J connectivity index is 1.31. The largest absolute Gasteiger partial charge is 0.398 e. The second-order valence-electron chi connectivity index (χ2n) is 9.55. The summed E-state index contributed by atoms with van der Waals surface area (Å²) in [5, 5.41) is 6.81. The number of anilines is 1. The standard InChI is InChI=1S/C29H37N5O3S/c30-26-22-38-21-25(26)18-28(35)27-9-8-24(19-32-27)20-34(13-5-4-12-33-14-16-37-17-15-33)29(36)31-11-10-23-6-2-1-3-7-23/h1-3,6-9,19,21-22H,4-5,10-18,20,30H2,(H,31,36). The van der Waals surface area contributed by atoms with Crippen molar-refractivity contribution in [1.29, 1.82) is 0 Å². The number of aromatic nitrogens is 1. The molecule has 1 aliphatic rings. The third-order valence-corrected chi connectivity index (χ3v) is 7.50. The average molecular weight is 536 g/mol. The maximum atomic E-state index is 13.1. The van der Waals surface area contributed by atoms with Gasteiger partial charge in [-0.15, -0.1) is 11.3 Å². The number of Topliss-reactive ketones (excluding diaryl/α,β-unsaturated/α-hetero) is 1. The number of nitrogen functional groups attached to an aromatic ring is 1. The second-order valence-corrected chi connectivity index (χ2v) is 10.3. The molecule has 0 aliphatic carbocycles. The van der Waals surface area contributed by atoms with E-state index in [4.69, 9.17) is 10.5 Å². The normalized spacial score (nSPS) is 13.8. The minimum atomic E-state index is -0.0830. The fourth-order valence-electron chi connectivity index (χ4n) is 4.43. The summed E-state index contributed by atoms with van der Waals surface area (Å²) in [6, 6.07) is 13.7. The summed E-state index contributed by atoms with van der Waals surface area (Å²) < 4.78 is 5.43. The molecule has 38 heavy (non-hydrogen) atoms. The molecule has 0 saturated carbocycles. The number of hydrogen-bond donors (Lipinski definition) is 2. The van der Waals surface area contributed by atoms with Crippen LogP contribution < -0.4 is 11.1 Å². The number of morpholine rings is 1. The number of carbonyl (C=O) groups is 2. The Hall–Kier alpha value is -3.27. The third-order valence-electron chi connectivity index (χ3n) is 6.69. The lowest BCUT2D eigenvalue weighted by atomic mass is 10.1. The molecular weight excluding hydrogens is 498 g/mol. The van der Waals surface area contributed by atoms with Crippen LogP contribution in [0, 0.1) is 0 Å². The van der Waals surface area contributed by atoms with Crippen molar-refractivity contribution in [3.8, 4) is 0 Å². The summed E-state index contributed by atoms with van der Waals surface area (Å²) in [4.78, 5) is 34.4. The van der Waals surface area contributed by atoms with Crippen LogP contribution in [-0.2, 0) is 24.1 Å². The summed E-state index contributed by atoms with van der Waals surface area (Å²) in [6.45, 7) is 6.21. The lowest BCUT2D eigenvalue weighted by Gasteiger charge is -2.27. The molecule has 0 atom stereocenters. The first-order chi connectivity index (χ1) is 18.6. The van der Waals surface area contributed by atoms with E-state index < -0.39 is 0 Å². The topological polar surface area (TPSA) is 101 Å². The smallest absolute Gasteiger partial charge is 0.317 e. The van der Waals surface area contributed by atoms with E-state index in [1.165, 1.54) is 16.9 Å². The molecule has 3 aromatic rings. The fourth-order valence-corrected chi connectivity index (χ4v) is 5.18. The predicted molar refractivity (Wildman–Crippen MR) is 151 cm³/mol. The van der Waals surface area contributed by atoms with Crippen LogP contribution in [0.5, 0.6) is 0 Å². The summed E-state index contributed by atoms with van der Waals surface area (Å²) in [7, 11) is 0. The van der Waals surface area contributed by atoms with Gasteiger partial charge in [0.2, 0.25) is 0 Å². The van der Waals surface area contributed by atoms with Crippen molar-refractivity contribution in [3.05, 3.63) is 81.8 Å². The average Bonchev–Trinajstić information content (AvgIpc) is 3.35. The Bertz CT molecular complexity index is 1150. The minimum Gasteiger partial charge on any atom is -0.398 e. The Labute approximate surface area is 228 Å². The van der Waals surface area contributed by atoms with Gasteiger partial charge in [-0.1, -0.05) is 36.4 Å². The molecule has 202 valence electrons. The first kappa shape index (κ1) is 27.8. The van der Waals surface area contributed by atoms with E-state index in [0.29, 0.717) is 31.0 Å². The Kier molecular flexibility index (Phi) is 10.7. The number of thiophene rings is 1. The van der Waals surface area contributed by atoms with Crippen LogP contribution in [0.2, 0.25) is 0 Å². The van der Waals surface area contributed by atoms with E-state index >= 15 is 0 Å². The van der Waals surface area contributed by atoms with Crippen molar-refractivity contribution in [3.63, 3.8) is 0 Å². The first-order valence-electron chi connectivity index (χ1n) is 13.2. The summed E-state index contributed by atoms with van der Waals surface area (Å²) >= 11 is 1.49. The van der Waals surface area contributed by atoms with Crippen molar-refractivity contribution >= 4 is 28.8 Å². The van der Waals surface area contributed by atoms with E-state index in [0.717, 1.165) is 63.2 Å². The number of amides is 2. The molecule has 0 radical (unpaired) electrons. The quantitative estimate of drug-likeness (QED) is 0.253. The van der Waals surface area contributed by atoms with Gasteiger partial charge < -0.3 is 20.7 Å². The predicted octanol–water partition coefficient (Wildman–Crippen LogP) is 4.02. The SMILES string of the molecule is Nc1cscc1CC(=O)c1ccc(CN(CCCCN2CCOCC2)C(=O)NCCc2ccccc2)cn1. The molecule has 3 N–H and O–H groups in total. The van der Waals surface area contributed by atoms with E-state index in [-0.39, 0.29) is 18.2 Å². The highest BCUT2D eigenvalue weighted by atomic mass is 32.1. The number of benzene rings is 1. The van der Waals surface area contributed by atoms with Gasteiger partial charge in [-0.25, -0.2) is 4.79 Å². The maximum Gasteiger partial charge on any atom is 0.317 e. The number of nitrogens with one attached hydrogen (secondary N) is 1. The van der Waals surface area contributed by atoms with Gasteiger partial charge in [0, 0.05) is 56.4 Å². The van der Waals surface area contributed by atoms with Gasteiger partial charge in [0.15, 0.2) is 5.78 Å². The van der Waals surface area contributed by atoms with Crippen LogP contribution in [0.15, 0.2) is 59.4 Å². The van der Waals surface area contributed by atoms with Gasteiger partial charge in [-0.3, -0.25) is 14.7 Å². The van der Waals surface area contributed by atoms with Crippen LogP contribution in [0.3, 0.4) is 0 Å². The lowest BCUT2D eigenvalue weighted by molar-refractivity contribution is 0.0369. The molecule has 1 aliphatic heterocycles. The van der Waals surface area contributed by atoms with Crippen LogP contribution in [0.4, 0.5) is 10.5 Å². The number of carbonyl (C=O) groups excluding carboxylic acids is 2. The fraction of sp³-hybridized carbons (Fsp3) is 0.414. The Morgan fingerprint density at radius 1 is 1.05 bits per heavy atom. The van der Waals surface area contributed by atoms with Crippen molar-refractivity contribution < 1.29 is 14.3 Å². The molecular formula is C29H37N5O3S. The third kappa shape index (κ3) is 8.65. The monoisotopic (exact) mass is 535 g/mol. The number of urea groups is 1. The minimum absolute atomic E-state index is 0.0692. The summed E-state index contributed by atoms with van der Waals surface area (Å²) in [5.74, 6) is -0.0692. The number of hydrogen-bond acceptors (Lipinski definition) is 7. The maximum absolute atomic E-state index is 13.1. The van der Waals surface area contributed by atoms with E-state index in [2.05, 4.69) is 27.3 Å². The number of unbranched alkanes of at least 4 members (excludes halogenated alkanes) is 1. The van der Waals surface area contributed by atoms with Crippen LogP contribution in [0.25, 0.3) is 0 Å². The number of ether oxygens (including phenoxy) is 1. The molecule has 1 fully saturated rings. The van der Waals surface area contributed by atoms with Gasteiger partial charge in [0.1, 0.15) is 5.69 Å². The highest BCUT2D eigenvalue weighted by Crippen LogP contribution is 2.19. The molecule has 1 aromatic carbocycles. The Morgan fingerprint density at radius 2 is 1.87 bits per heavy atom. The number of ketones is 1. The van der Waals surface area contributed by atoms with Crippen molar-refractivity contribution in [2.45, 2.75) is 32.2 Å². The highest BCUT2D eigenvalue weighted by Gasteiger charge is 2.16. The highest BCUT2D eigenvalue weighted by molar-refractivity contribution is 7.08. The molecule has 4 rings (SSSR count). The van der Waals surface area contributed by atoms with Gasteiger partial charge in [-0.2, -0.15) is 0 Å². The molecule has 2 aromatic heterocycles. The van der Waals surface area contributed by atoms with Gasteiger partial charge in [0.05, 0.1) is 13.2 Å². The summed E-state index contributed by atoms with van der Waals surface area (Å²) in [6.07, 6.45) is 4.65. The van der Waals surface area contributed by atoms with E-state index in [9.17, 15) is 9.59 Å². The van der Waals surface area contributed by atoms with Crippen molar-refractivity contribution in [2.24, 2.45) is 0 Å². The zero-order valence-electron chi connectivity index (χ0n) is 21.8. The van der Waals surface area contributed by atoms with Gasteiger partial charge in [-0.05, 0) is 53.9 Å². The number of pyridine rings is 1. The Morgan fingerprint density at radius 3 is 2.58 bits per heavy atom. The number of nitrogens with zero attached hydrogens (tertiary/aromatic N) is 3. The van der Waals surface area contributed by atoms with E-state index in [1.54, 1.807) is 12.3 Å². The van der Waals surface area contributed by atoms with Crippen LogP contribution >= 0.6 is 11.3 Å². The molecule has 9 heteroatoms. The molecule has 0 spiro atoms. The zero-order valence-corrected chi connectivity index (χ0v) is 22.6. The number of rotatable bonds is 13. The molecule has 1 saturated heterocycles. The lowest BCUT2D eigenvalue weighted by Crippen LogP contribution is -2.41. The van der Waals surface area contributed by atoms with Crippen molar-refractivity contribution in [2.75, 3.05) is 51.7 Å². The summed E-state index contributed by atoms with van der Waals surface area (Å²) in [5.41, 5.74) is 9.89. The second kappa shape index (κ2) is 14.6. The molecule has 3 heterocycles. The van der Waals surface area contributed by atoms with Crippen LogP contribution in [0.1, 0.15) is 40.0 Å².